The first-order valence-electron chi connectivity index (χ1n) is 8.49. The van der Waals surface area contributed by atoms with Gasteiger partial charge in [-0.3, -0.25) is 14.5 Å². The van der Waals surface area contributed by atoms with E-state index in [9.17, 15) is 14.4 Å². The summed E-state index contributed by atoms with van der Waals surface area (Å²) in [6.07, 6.45) is 3.15. The summed E-state index contributed by atoms with van der Waals surface area (Å²) in [6, 6.07) is -0.456. The van der Waals surface area contributed by atoms with E-state index < -0.39 is 11.6 Å². The first-order valence-corrected chi connectivity index (χ1v) is 8.49. The zero-order valence-corrected chi connectivity index (χ0v) is 14.9. The molecule has 1 spiro atoms. The van der Waals surface area contributed by atoms with E-state index in [1.165, 1.54) is 0 Å². The van der Waals surface area contributed by atoms with Gasteiger partial charge in [-0.15, -0.1) is 0 Å². The third kappa shape index (κ3) is 3.67. The van der Waals surface area contributed by atoms with Gasteiger partial charge in [0, 0.05) is 6.04 Å². The van der Waals surface area contributed by atoms with Crippen molar-refractivity contribution < 1.29 is 14.4 Å². The molecule has 23 heavy (non-hydrogen) atoms. The molecule has 0 atom stereocenters. The maximum absolute atomic E-state index is 12.7. The van der Waals surface area contributed by atoms with Crippen LogP contribution in [0.5, 0.6) is 0 Å². The lowest BCUT2D eigenvalue weighted by Gasteiger charge is -2.40. The molecule has 0 aromatic rings. The third-order valence-corrected chi connectivity index (χ3v) is 5.06. The number of hydrogen-bond donors (Lipinski definition) is 2. The van der Waals surface area contributed by atoms with Crippen LogP contribution in [0.2, 0.25) is 0 Å². The van der Waals surface area contributed by atoms with Crippen LogP contribution in [0, 0.1) is 11.3 Å². The Morgan fingerprint density at radius 3 is 2.35 bits per heavy atom. The van der Waals surface area contributed by atoms with Gasteiger partial charge in [-0.25, -0.2) is 4.79 Å². The van der Waals surface area contributed by atoms with Crippen LogP contribution in [0.15, 0.2) is 0 Å². The largest absolute Gasteiger partial charge is 0.352 e. The van der Waals surface area contributed by atoms with Crippen LogP contribution in [-0.4, -0.2) is 40.9 Å². The van der Waals surface area contributed by atoms with Crippen molar-refractivity contribution in [1.29, 1.82) is 0 Å². The van der Waals surface area contributed by atoms with Crippen molar-refractivity contribution in [3.63, 3.8) is 0 Å². The number of hydrogen-bond acceptors (Lipinski definition) is 3. The zero-order valence-electron chi connectivity index (χ0n) is 14.9. The van der Waals surface area contributed by atoms with Gasteiger partial charge in [0.15, 0.2) is 0 Å². The molecule has 2 aliphatic rings. The van der Waals surface area contributed by atoms with Crippen molar-refractivity contribution in [2.45, 2.75) is 71.9 Å². The van der Waals surface area contributed by atoms with E-state index in [4.69, 9.17) is 0 Å². The lowest BCUT2D eigenvalue weighted by Crippen LogP contribution is -2.51. The standard InChI is InChI=1S/C17H29N3O3/c1-11(2)18-13(21)10-20-14(22)17(19-15(20)23)8-6-12(7-9-17)16(3,4)5/h11-12H,6-10H2,1-5H3,(H,18,21)(H,19,23). The molecule has 1 saturated carbocycles. The molecule has 4 amide bonds. The highest BCUT2D eigenvalue weighted by Crippen LogP contribution is 2.43. The quantitative estimate of drug-likeness (QED) is 0.780. The Bertz CT molecular complexity index is 500. The summed E-state index contributed by atoms with van der Waals surface area (Å²) in [5, 5.41) is 5.57. The average molecular weight is 323 g/mol. The molecule has 0 radical (unpaired) electrons. The summed E-state index contributed by atoms with van der Waals surface area (Å²) in [4.78, 5) is 37.8. The fraction of sp³-hybridized carbons (Fsp3) is 0.824. The predicted octanol–water partition coefficient (Wildman–Crippen LogP) is 2.04. The minimum Gasteiger partial charge on any atom is -0.352 e. The van der Waals surface area contributed by atoms with Crippen molar-refractivity contribution in [1.82, 2.24) is 15.5 Å². The number of carbonyl (C=O) groups excluding carboxylic acids is 3. The van der Waals surface area contributed by atoms with Gasteiger partial charge < -0.3 is 10.6 Å². The van der Waals surface area contributed by atoms with Crippen LogP contribution >= 0.6 is 0 Å². The maximum atomic E-state index is 12.7. The molecule has 1 aliphatic heterocycles. The highest BCUT2D eigenvalue weighted by molar-refractivity contribution is 6.09. The molecule has 2 fully saturated rings. The highest BCUT2D eigenvalue weighted by atomic mass is 16.2. The fourth-order valence-electron chi connectivity index (χ4n) is 3.65. The lowest BCUT2D eigenvalue weighted by molar-refractivity contribution is -0.136. The summed E-state index contributed by atoms with van der Waals surface area (Å²) in [5.74, 6) is 0.00816. The number of nitrogens with one attached hydrogen (secondary N) is 2. The molecule has 2 rings (SSSR count). The van der Waals surface area contributed by atoms with Gasteiger partial charge in [0.2, 0.25) is 5.91 Å². The number of amides is 4. The molecule has 130 valence electrons. The van der Waals surface area contributed by atoms with Crippen LogP contribution in [0.25, 0.3) is 0 Å². The van der Waals surface area contributed by atoms with E-state index in [1.807, 2.05) is 13.8 Å². The minimum atomic E-state index is -0.795. The van der Waals surface area contributed by atoms with E-state index in [0.29, 0.717) is 18.8 Å². The predicted molar refractivity (Wildman–Crippen MR) is 87.7 cm³/mol. The smallest absolute Gasteiger partial charge is 0.325 e. The van der Waals surface area contributed by atoms with Crippen LogP contribution in [0.3, 0.4) is 0 Å². The molecule has 0 unspecified atom stereocenters. The van der Waals surface area contributed by atoms with E-state index >= 15 is 0 Å². The van der Waals surface area contributed by atoms with Crippen molar-refractivity contribution in [2.24, 2.45) is 11.3 Å². The second-order valence-corrected chi connectivity index (χ2v) is 8.27. The number of imide groups is 1. The van der Waals surface area contributed by atoms with Gasteiger partial charge in [0.25, 0.3) is 5.91 Å². The van der Waals surface area contributed by atoms with Gasteiger partial charge in [-0.1, -0.05) is 20.8 Å². The Hall–Kier alpha value is -1.59. The molecular weight excluding hydrogens is 294 g/mol. The summed E-state index contributed by atoms with van der Waals surface area (Å²) >= 11 is 0. The average Bonchev–Trinajstić information content (AvgIpc) is 2.62. The van der Waals surface area contributed by atoms with E-state index in [0.717, 1.165) is 17.7 Å². The van der Waals surface area contributed by atoms with E-state index in [1.54, 1.807) is 0 Å². The number of rotatable bonds is 3. The van der Waals surface area contributed by atoms with Gasteiger partial charge in [0.1, 0.15) is 12.1 Å². The van der Waals surface area contributed by atoms with Gasteiger partial charge >= 0.3 is 6.03 Å². The minimum absolute atomic E-state index is 0.0144. The van der Waals surface area contributed by atoms with Gasteiger partial charge in [-0.2, -0.15) is 0 Å². The summed E-state index contributed by atoms with van der Waals surface area (Å²) in [5.41, 5.74) is -0.582. The van der Waals surface area contributed by atoms with Crippen LogP contribution in [0.4, 0.5) is 4.79 Å². The van der Waals surface area contributed by atoms with Crippen LogP contribution in [0.1, 0.15) is 60.3 Å². The Labute approximate surface area is 138 Å². The molecular formula is C17H29N3O3. The van der Waals surface area contributed by atoms with Crippen molar-refractivity contribution in [3.05, 3.63) is 0 Å². The molecule has 6 heteroatoms. The van der Waals surface area contributed by atoms with E-state index in [-0.39, 0.29) is 29.8 Å². The Morgan fingerprint density at radius 1 is 1.30 bits per heavy atom. The van der Waals surface area contributed by atoms with Crippen molar-refractivity contribution in [2.75, 3.05) is 6.54 Å². The first kappa shape index (κ1) is 17.8. The molecule has 1 saturated heterocycles. The van der Waals surface area contributed by atoms with Gasteiger partial charge in [-0.05, 0) is 50.9 Å². The number of urea groups is 1. The lowest BCUT2D eigenvalue weighted by atomic mass is 9.67. The second kappa shape index (κ2) is 6.13. The van der Waals surface area contributed by atoms with Crippen LogP contribution < -0.4 is 10.6 Å². The third-order valence-electron chi connectivity index (χ3n) is 5.06. The topological polar surface area (TPSA) is 78.5 Å². The summed E-state index contributed by atoms with van der Waals surface area (Å²) in [6.45, 7) is 10.1. The normalized spacial score (nSPS) is 28.4. The second-order valence-electron chi connectivity index (χ2n) is 8.27. The Balaban J connectivity index is 2.03. The monoisotopic (exact) mass is 323 g/mol. The van der Waals surface area contributed by atoms with Crippen molar-refractivity contribution >= 4 is 17.8 Å². The fourth-order valence-corrected chi connectivity index (χ4v) is 3.65. The number of carbonyl (C=O) groups is 3. The molecule has 6 nitrogen and oxygen atoms in total. The van der Waals surface area contributed by atoms with Crippen LogP contribution in [-0.2, 0) is 9.59 Å². The van der Waals surface area contributed by atoms with Gasteiger partial charge in [0.05, 0.1) is 0 Å². The highest BCUT2D eigenvalue weighted by Gasteiger charge is 2.53. The number of nitrogens with zero attached hydrogens (tertiary/aromatic N) is 1. The molecule has 0 aromatic heterocycles. The zero-order chi connectivity index (χ0) is 17.4. The summed E-state index contributed by atoms with van der Waals surface area (Å²) < 4.78 is 0. The first-order chi connectivity index (χ1) is 10.5. The Kier molecular flexibility index (Phi) is 4.74. The van der Waals surface area contributed by atoms with E-state index in [2.05, 4.69) is 31.4 Å². The summed E-state index contributed by atoms with van der Waals surface area (Å²) in [7, 11) is 0. The molecule has 1 aliphatic carbocycles. The maximum Gasteiger partial charge on any atom is 0.325 e. The molecule has 2 N–H and O–H groups in total. The molecule has 1 heterocycles. The van der Waals surface area contributed by atoms with Crippen molar-refractivity contribution in [3.8, 4) is 0 Å². The Morgan fingerprint density at radius 2 is 1.87 bits per heavy atom. The molecule has 0 bridgehead atoms. The molecule has 0 aromatic carbocycles. The SMILES string of the molecule is CC(C)NC(=O)CN1C(=O)NC2(CCC(C(C)(C)C)CC2)C1=O.